The van der Waals surface area contributed by atoms with E-state index < -0.39 is 0 Å². The van der Waals surface area contributed by atoms with Crippen molar-refractivity contribution in [3.63, 3.8) is 0 Å². The van der Waals surface area contributed by atoms with Crippen molar-refractivity contribution in [3.05, 3.63) is 0 Å². The summed E-state index contributed by atoms with van der Waals surface area (Å²) in [5.41, 5.74) is 0. The van der Waals surface area contributed by atoms with Gasteiger partial charge in [-0.25, -0.2) is 0 Å². The number of carbonyl (C=O) groups excluding carboxylic acids is 2. The van der Waals surface area contributed by atoms with Crippen molar-refractivity contribution in [2.45, 2.75) is 12.8 Å². The highest BCUT2D eigenvalue weighted by Gasteiger charge is 2.15. The number of imide groups is 1. The molecule has 2 fully saturated rings. The van der Waals surface area contributed by atoms with Crippen LogP contribution in [0.1, 0.15) is 12.8 Å². The number of nitrogens with one attached hydrogen (secondary N) is 3. The maximum Gasteiger partial charge on any atom is 0.227 e. The summed E-state index contributed by atoms with van der Waals surface area (Å²) in [5, 5.41) is 8.58. The van der Waals surface area contributed by atoms with Crippen LogP contribution in [0.4, 0.5) is 0 Å². The lowest BCUT2D eigenvalue weighted by Crippen LogP contribution is -2.39. The first-order valence-corrected chi connectivity index (χ1v) is 4.53. The summed E-state index contributed by atoms with van der Waals surface area (Å²) in [5.74, 6) is -0.296. The highest BCUT2D eigenvalue weighted by molar-refractivity contribution is 6.01. The van der Waals surface area contributed by atoms with Gasteiger partial charge in [-0.05, 0) is 0 Å². The molecule has 13 heavy (non-hydrogen) atoms. The van der Waals surface area contributed by atoms with Crippen molar-refractivity contribution in [1.29, 1.82) is 0 Å². The molecule has 0 radical (unpaired) electrons. The topological polar surface area (TPSA) is 70.2 Å². The van der Waals surface area contributed by atoms with Crippen LogP contribution in [-0.4, -0.2) is 38.0 Å². The molecule has 0 saturated carbocycles. The van der Waals surface area contributed by atoms with Gasteiger partial charge in [0.15, 0.2) is 0 Å². The molecule has 74 valence electrons. The molecule has 0 atom stereocenters. The Labute approximate surface area is 77.3 Å². The predicted molar refractivity (Wildman–Crippen MR) is 48.1 cm³/mol. The highest BCUT2D eigenvalue weighted by atomic mass is 16.2. The van der Waals surface area contributed by atoms with Crippen LogP contribution < -0.4 is 16.0 Å². The maximum atomic E-state index is 10.1. The minimum absolute atomic E-state index is 0.148. The van der Waals surface area contributed by atoms with E-state index in [2.05, 4.69) is 16.0 Å². The zero-order valence-corrected chi connectivity index (χ0v) is 7.56. The number of carbonyl (C=O) groups is 2. The third-order valence-electron chi connectivity index (χ3n) is 1.82. The highest BCUT2D eigenvalue weighted by Crippen LogP contribution is 1.95. The van der Waals surface area contributed by atoms with Crippen molar-refractivity contribution in [2.24, 2.45) is 0 Å². The van der Waals surface area contributed by atoms with Crippen molar-refractivity contribution in [2.75, 3.05) is 26.2 Å². The first-order chi connectivity index (χ1) is 6.29. The quantitative estimate of drug-likeness (QED) is 0.406. The molecule has 0 aromatic carbocycles. The second-order valence-electron chi connectivity index (χ2n) is 2.97. The van der Waals surface area contributed by atoms with Gasteiger partial charge in [0.2, 0.25) is 11.8 Å². The van der Waals surface area contributed by atoms with Crippen molar-refractivity contribution >= 4 is 11.8 Å². The fourth-order valence-corrected chi connectivity index (χ4v) is 1.11. The lowest BCUT2D eigenvalue weighted by atomic mass is 10.4. The van der Waals surface area contributed by atoms with E-state index >= 15 is 0 Å². The molecule has 0 aromatic rings. The third-order valence-corrected chi connectivity index (χ3v) is 1.82. The van der Waals surface area contributed by atoms with Crippen molar-refractivity contribution < 1.29 is 9.59 Å². The third kappa shape index (κ3) is 4.59. The van der Waals surface area contributed by atoms with Gasteiger partial charge < -0.3 is 10.6 Å². The van der Waals surface area contributed by atoms with Crippen LogP contribution in [0.15, 0.2) is 0 Å². The van der Waals surface area contributed by atoms with E-state index in [0.717, 1.165) is 26.2 Å². The van der Waals surface area contributed by atoms with Gasteiger partial charge >= 0.3 is 0 Å². The van der Waals surface area contributed by atoms with Gasteiger partial charge in [-0.1, -0.05) is 0 Å². The molecule has 2 rings (SSSR count). The van der Waals surface area contributed by atoms with Crippen LogP contribution in [-0.2, 0) is 9.59 Å². The van der Waals surface area contributed by atoms with E-state index in [1.807, 2.05) is 0 Å². The molecule has 0 unspecified atom stereocenters. The predicted octanol–water partition coefficient (Wildman–Crippen LogP) is -1.40. The molecular formula is C8H15N3O2. The smallest absolute Gasteiger partial charge is 0.227 e. The van der Waals surface area contributed by atoms with Gasteiger partial charge in [0.05, 0.1) is 0 Å². The van der Waals surface area contributed by atoms with Crippen LogP contribution in [0.2, 0.25) is 0 Å². The lowest BCUT2D eigenvalue weighted by molar-refractivity contribution is -0.124. The first kappa shape index (κ1) is 10.1. The van der Waals surface area contributed by atoms with Gasteiger partial charge in [-0.3, -0.25) is 14.9 Å². The Hall–Kier alpha value is -0.940. The average Bonchev–Trinajstić information content (AvgIpc) is 2.54. The summed E-state index contributed by atoms with van der Waals surface area (Å²) in [7, 11) is 0. The SMILES string of the molecule is C1CNCCN1.O=C1CCC(=O)N1. The van der Waals surface area contributed by atoms with E-state index in [0.29, 0.717) is 12.8 Å². The second-order valence-corrected chi connectivity index (χ2v) is 2.97. The summed E-state index contributed by atoms with van der Waals surface area (Å²) in [4.78, 5) is 20.2. The number of hydrogen-bond acceptors (Lipinski definition) is 4. The molecule has 2 aliphatic rings. The number of rotatable bonds is 0. The zero-order valence-electron chi connectivity index (χ0n) is 7.56. The van der Waals surface area contributed by atoms with E-state index in [1.165, 1.54) is 0 Å². The maximum absolute atomic E-state index is 10.1. The standard InChI is InChI=1S/C4H10N2.C4H5NO2/c1-2-6-4-3-5-1;6-3-1-2-4(7)5-3/h5-6H,1-4H2;1-2H2,(H,5,6,7). The zero-order chi connectivity index (χ0) is 9.52. The lowest BCUT2D eigenvalue weighted by Gasteiger charge is -2.11. The van der Waals surface area contributed by atoms with Crippen LogP contribution in [0, 0.1) is 0 Å². The van der Waals surface area contributed by atoms with Gasteiger partial charge in [-0.2, -0.15) is 0 Å². The molecule has 2 amide bonds. The van der Waals surface area contributed by atoms with E-state index in [-0.39, 0.29) is 11.8 Å². The normalized spacial score (nSPS) is 21.8. The number of amides is 2. The molecule has 0 aliphatic carbocycles. The summed E-state index contributed by atoms with van der Waals surface area (Å²) < 4.78 is 0. The van der Waals surface area contributed by atoms with E-state index in [4.69, 9.17) is 0 Å². The Balaban J connectivity index is 0.000000132. The van der Waals surface area contributed by atoms with Crippen LogP contribution in [0.5, 0.6) is 0 Å². The second kappa shape index (κ2) is 5.66. The monoisotopic (exact) mass is 185 g/mol. The number of piperazine rings is 1. The minimum Gasteiger partial charge on any atom is -0.314 e. The fourth-order valence-electron chi connectivity index (χ4n) is 1.11. The van der Waals surface area contributed by atoms with Crippen LogP contribution >= 0.6 is 0 Å². The molecule has 5 nitrogen and oxygen atoms in total. The van der Waals surface area contributed by atoms with Gasteiger partial charge in [0.25, 0.3) is 0 Å². The molecule has 0 aromatic heterocycles. The van der Waals surface area contributed by atoms with Gasteiger partial charge in [0, 0.05) is 39.0 Å². The summed E-state index contributed by atoms with van der Waals surface area (Å²) in [6, 6.07) is 0. The largest absolute Gasteiger partial charge is 0.314 e. The van der Waals surface area contributed by atoms with Crippen LogP contribution in [0.25, 0.3) is 0 Å². The molecule has 2 aliphatic heterocycles. The Morgan fingerprint density at radius 1 is 0.769 bits per heavy atom. The summed E-state index contributed by atoms with van der Waals surface area (Å²) >= 11 is 0. The molecule has 2 heterocycles. The average molecular weight is 185 g/mol. The molecular weight excluding hydrogens is 170 g/mol. The van der Waals surface area contributed by atoms with E-state index in [1.54, 1.807) is 0 Å². The fraction of sp³-hybridized carbons (Fsp3) is 0.750. The Bertz CT molecular complexity index is 164. The molecule has 5 heteroatoms. The summed E-state index contributed by atoms with van der Waals surface area (Å²) in [6.45, 7) is 4.56. The van der Waals surface area contributed by atoms with Crippen LogP contribution in [0.3, 0.4) is 0 Å². The number of hydrogen-bond donors (Lipinski definition) is 3. The van der Waals surface area contributed by atoms with Crippen molar-refractivity contribution in [3.8, 4) is 0 Å². The Morgan fingerprint density at radius 2 is 1.15 bits per heavy atom. The molecule has 3 N–H and O–H groups in total. The van der Waals surface area contributed by atoms with Gasteiger partial charge in [0.1, 0.15) is 0 Å². The molecule has 0 bridgehead atoms. The molecule has 0 spiro atoms. The van der Waals surface area contributed by atoms with Crippen molar-refractivity contribution in [1.82, 2.24) is 16.0 Å². The minimum atomic E-state index is -0.148. The van der Waals surface area contributed by atoms with E-state index in [9.17, 15) is 9.59 Å². The Kier molecular flexibility index (Phi) is 4.42. The Morgan fingerprint density at radius 3 is 1.31 bits per heavy atom. The first-order valence-electron chi connectivity index (χ1n) is 4.53. The molecule has 2 saturated heterocycles. The van der Waals surface area contributed by atoms with Gasteiger partial charge in [-0.15, -0.1) is 0 Å². The summed E-state index contributed by atoms with van der Waals surface area (Å²) in [6.07, 6.45) is 0.748.